The van der Waals surface area contributed by atoms with Crippen molar-refractivity contribution in [2.24, 2.45) is 0 Å². The normalized spacial score (nSPS) is 11.2. The van der Waals surface area contributed by atoms with Crippen LogP contribution in [-0.2, 0) is 18.8 Å². The Bertz CT molecular complexity index is 184. The molecule has 0 radical (unpaired) electrons. The summed E-state index contributed by atoms with van der Waals surface area (Å²) in [4.78, 5) is 26.8. The third kappa shape index (κ3) is 9.58. The fourth-order valence-electron chi connectivity index (χ4n) is 0.428. The van der Waals surface area contributed by atoms with Gasteiger partial charge in [0.25, 0.3) is 0 Å². The third-order valence-corrected chi connectivity index (χ3v) is 1.31. The Kier molecular flexibility index (Phi) is 5.08. The lowest BCUT2D eigenvalue weighted by Crippen LogP contribution is -2.08. The highest BCUT2D eigenvalue weighted by atomic mass is 31.2. The number of esters is 1. The lowest BCUT2D eigenvalue weighted by molar-refractivity contribution is -0.142. The zero-order valence-corrected chi connectivity index (χ0v) is 7.49. The smallest absolute Gasteiger partial charge is 0.350 e. The van der Waals surface area contributed by atoms with Gasteiger partial charge in [-0.15, -0.1) is 0 Å². The molecule has 0 bridgehead atoms. The van der Waals surface area contributed by atoms with E-state index in [0.29, 0.717) is 0 Å². The van der Waals surface area contributed by atoms with Gasteiger partial charge in [-0.05, 0) is 0 Å². The summed E-state index contributed by atoms with van der Waals surface area (Å²) in [6.07, 6.45) is -0.645. The van der Waals surface area contributed by atoms with Crippen molar-refractivity contribution in [2.45, 2.75) is 6.92 Å². The summed E-state index contributed by atoms with van der Waals surface area (Å²) in [6.45, 7) is 1.24. The summed E-state index contributed by atoms with van der Waals surface area (Å²) in [5.74, 6) is -0.449. The molecule has 0 heterocycles. The van der Waals surface area contributed by atoms with Gasteiger partial charge < -0.3 is 19.3 Å². The van der Waals surface area contributed by atoms with Crippen molar-refractivity contribution >= 4 is 13.6 Å². The first kappa shape index (κ1) is 11.6. The highest BCUT2D eigenvalue weighted by Crippen LogP contribution is 2.33. The Morgan fingerprint density at radius 2 is 2.00 bits per heavy atom. The number of carbonyl (C=O) groups excluding carboxylic acids is 1. The first-order valence-corrected chi connectivity index (χ1v) is 4.97. The Balaban J connectivity index is 3.23. The van der Waals surface area contributed by atoms with E-state index in [1.54, 1.807) is 0 Å². The maximum absolute atomic E-state index is 10.2. The van der Waals surface area contributed by atoms with Crippen LogP contribution >= 0.6 is 7.60 Å². The molecule has 0 aliphatic carbocycles. The molecular weight excluding hydrogens is 187 g/mol. The average Bonchev–Trinajstić information content (AvgIpc) is 1.83. The highest BCUT2D eigenvalue weighted by Gasteiger charge is 2.11. The van der Waals surface area contributed by atoms with E-state index in [0.717, 1.165) is 0 Å². The fourth-order valence-corrected chi connectivity index (χ4v) is 0.795. The summed E-state index contributed by atoms with van der Waals surface area (Å²) >= 11 is 0. The van der Waals surface area contributed by atoms with Gasteiger partial charge in [0, 0.05) is 6.92 Å². The van der Waals surface area contributed by atoms with Crippen LogP contribution < -0.4 is 0 Å². The molecule has 0 amide bonds. The lowest BCUT2D eigenvalue weighted by Gasteiger charge is -2.05. The van der Waals surface area contributed by atoms with Crippen LogP contribution in [0.25, 0.3) is 0 Å². The van der Waals surface area contributed by atoms with E-state index in [1.165, 1.54) is 6.92 Å². The second kappa shape index (κ2) is 5.27. The van der Waals surface area contributed by atoms with Crippen LogP contribution in [0.5, 0.6) is 0 Å². The Labute approximate surface area is 69.6 Å². The molecule has 2 N–H and O–H groups in total. The van der Waals surface area contributed by atoms with Gasteiger partial charge in [0.05, 0.1) is 6.61 Å². The molecule has 0 aromatic carbocycles. The molecule has 72 valence electrons. The molecule has 0 saturated heterocycles. The van der Waals surface area contributed by atoms with Crippen molar-refractivity contribution in [3.63, 3.8) is 0 Å². The number of hydrogen-bond donors (Lipinski definition) is 2. The minimum absolute atomic E-state index is 0.00924. The largest absolute Gasteiger partial charge is 0.463 e. The van der Waals surface area contributed by atoms with Crippen molar-refractivity contribution in [1.82, 2.24) is 0 Å². The third-order valence-electron chi connectivity index (χ3n) is 0.792. The first-order valence-electron chi connectivity index (χ1n) is 3.17. The topological polar surface area (TPSA) is 93.1 Å². The molecule has 12 heavy (non-hydrogen) atoms. The van der Waals surface area contributed by atoms with Gasteiger partial charge >= 0.3 is 13.6 Å². The minimum atomic E-state index is -4.09. The monoisotopic (exact) mass is 198 g/mol. The second-order valence-electron chi connectivity index (χ2n) is 2.04. The van der Waals surface area contributed by atoms with Crippen molar-refractivity contribution in [3.05, 3.63) is 0 Å². The molecule has 0 aliphatic rings. The quantitative estimate of drug-likeness (QED) is 0.358. The second-order valence-corrected chi connectivity index (χ2v) is 3.63. The molecule has 0 fully saturated rings. The Hall–Kier alpha value is -0.420. The first-order chi connectivity index (χ1) is 5.42. The lowest BCUT2D eigenvalue weighted by atomic mass is 10.7. The van der Waals surface area contributed by atoms with E-state index >= 15 is 0 Å². The zero-order chi connectivity index (χ0) is 9.61. The van der Waals surface area contributed by atoms with E-state index in [1.807, 2.05) is 0 Å². The number of ether oxygens (including phenoxy) is 2. The van der Waals surface area contributed by atoms with E-state index in [-0.39, 0.29) is 13.2 Å². The SMILES string of the molecule is CC(=O)OCCOCP(=O)(O)O. The molecule has 0 aromatic heterocycles. The van der Waals surface area contributed by atoms with E-state index < -0.39 is 19.9 Å². The van der Waals surface area contributed by atoms with Crippen LogP contribution in [0.1, 0.15) is 6.92 Å². The van der Waals surface area contributed by atoms with Crippen LogP contribution in [0.3, 0.4) is 0 Å². The molecular formula is C5H11O6P. The number of carbonyl (C=O) groups is 1. The summed E-state index contributed by atoms with van der Waals surface area (Å²) in [5, 5.41) is 0. The number of rotatable bonds is 5. The molecule has 0 rings (SSSR count). The van der Waals surface area contributed by atoms with E-state index in [4.69, 9.17) is 9.79 Å². The number of hydrogen-bond acceptors (Lipinski definition) is 4. The zero-order valence-electron chi connectivity index (χ0n) is 6.60. The van der Waals surface area contributed by atoms with Gasteiger partial charge in [0.15, 0.2) is 0 Å². The van der Waals surface area contributed by atoms with Gasteiger partial charge in [-0.3, -0.25) is 9.36 Å². The average molecular weight is 198 g/mol. The van der Waals surface area contributed by atoms with E-state index in [2.05, 4.69) is 9.47 Å². The van der Waals surface area contributed by atoms with Crippen molar-refractivity contribution < 1.29 is 28.6 Å². The Morgan fingerprint density at radius 1 is 1.42 bits per heavy atom. The van der Waals surface area contributed by atoms with Crippen LogP contribution in [0, 0.1) is 0 Å². The standard InChI is InChI=1S/C5H11O6P/c1-5(6)11-3-2-10-4-12(7,8)9/h2-4H2,1H3,(H2,7,8,9). The van der Waals surface area contributed by atoms with Crippen LogP contribution in [0.15, 0.2) is 0 Å². The maximum Gasteiger partial charge on any atom is 0.350 e. The molecule has 7 heteroatoms. The summed E-state index contributed by atoms with van der Waals surface area (Å²) < 4.78 is 19.1. The van der Waals surface area contributed by atoms with Crippen LogP contribution in [0.2, 0.25) is 0 Å². The molecule has 6 nitrogen and oxygen atoms in total. The molecule has 0 aromatic rings. The van der Waals surface area contributed by atoms with Gasteiger partial charge in [-0.2, -0.15) is 0 Å². The van der Waals surface area contributed by atoms with Gasteiger partial charge in [-0.25, -0.2) is 0 Å². The summed E-state index contributed by atoms with van der Waals surface area (Å²) in [7, 11) is -4.09. The van der Waals surface area contributed by atoms with Crippen molar-refractivity contribution in [3.8, 4) is 0 Å². The highest BCUT2D eigenvalue weighted by molar-refractivity contribution is 7.51. The molecule has 0 saturated carbocycles. The van der Waals surface area contributed by atoms with Crippen molar-refractivity contribution in [1.29, 1.82) is 0 Å². The molecule has 0 unspecified atom stereocenters. The minimum Gasteiger partial charge on any atom is -0.463 e. The van der Waals surface area contributed by atoms with Gasteiger partial charge in [-0.1, -0.05) is 0 Å². The van der Waals surface area contributed by atoms with Crippen molar-refractivity contribution in [2.75, 3.05) is 19.6 Å². The Morgan fingerprint density at radius 3 is 2.42 bits per heavy atom. The maximum atomic E-state index is 10.2. The fraction of sp³-hybridized carbons (Fsp3) is 0.800. The predicted molar refractivity (Wildman–Crippen MR) is 39.5 cm³/mol. The van der Waals surface area contributed by atoms with Gasteiger partial charge in [0.2, 0.25) is 0 Å². The van der Waals surface area contributed by atoms with Crippen LogP contribution in [0.4, 0.5) is 0 Å². The van der Waals surface area contributed by atoms with E-state index in [9.17, 15) is 9.36 Å². The molecule has 0 spiro atoms. The summed E-state index contributed by atoms with van der Waals surface area (Å²) in [6, 6.07) is 0. The molecule has 0 atom stereocenters. The van der Waals surface area contributed by atoms with Crippen LogP contribution in [-0.4, -0.2) is 35.3 Å². The summed E-state index contributed by atoms with van der Waals surface area (Å²) in [5.41, 5.74) is 0. The predicted octanol–water partition coefficient (Wildman–Crippen LogP) is -0.299. The molecule has 0 aliphatic heterocycles. The van der Waals surface area contributed by atoms with Gasteiger partial charge in [0.1, 0.15) is 13.0 Å².